The maximum atomic E-state index is 11.0. The quantitative estimate of drug-likeness (QED) is 0.305. The second-order valence-electron chi connectivity index (χ2n) is 3.79. The van der Waals surface area contributed by atoms with E-state index in [0.29, 0.717) is 6.42 Å². The zero-order chi connectivity index (χ0) is 9.61. The van der Waals surface area contributed by atoms with Crippen LogP contribution in [-0.4, -0.2) is 24.4 Å². The average Bonchev–Trinajstić information content (AvgIpc) is 1.84. The highest BCUT2D eigenvalue weighted by Gasteiger charge is 2.16. The summed E-state index contributed by atoms with van der Waals surface area (Å²) in [6.07, 6.45) is 0.373. The molecule has 4 heteroatoms. The van der Waals surface area contributed by atoms with Crippen molar-refractivity contribution in [3.8, 4) is 0 Å². The zero-order valence-electron chi connectivity index (χ0n) is 7.79. The van der Waals surface area contributed by atoms with Crippen LogP contribution in [-0.2, 0) is 14.4 Å². The number of carbonyl (C=O) groups excluding carboxylic acids is 1. The van der Waals surface area contributed by atoms with Crippen LogP contribution in [0.2, 0.25) is 0 Å². The molecule has 0 unspecified atom stereocenters. The summed E-state index contributed by atoms with van der Waals surface area (Å²) >= 11 is 0. The minimum absolute atomic E-state index is 0.0237. The van der Waals surface area contributed by atoms with Gasteiger partial charge in [-0.3, -0.25) is 10.1 Å². The molecule has 0 saturated heterocycles. The van der Waals surface area contributed by atoms with Gasteiger partial charge in [0.1, 0.15) is 13.2 Å². The Morgan fingerprint density at radius 1 is 1.33 bits per heavy atom. The van der Waals surface area contributed by atoms with Gasteiger partial charge in [-0.1, -0.05) is 20.8 Å². The highest BCUT2D eigenvalue weighted by atomic mass is 17.1. The lowest BCUT2D eigenvalue weighted by molar-refractivity contribution is -0.248. The van der Waals surface area contributed by atoms with Crippen LogP contribution in [0, 0.1) is 5.41 Å². The van der Waals surface area contributed by atoms with Crippen LogP contribution in [0.4, 0.5) is 0 Å². The molecular weight excluding hydrogens is 160 g/mol. The van der Waals surface area contributed by atoms with E-state index in [1.807, 2.05) is 20.8 Å². The molecule has 0 bridgehead atoms. The highest BCUT2D eigenvalue weighted by Crippen LogP contribution is 2.18. The fourth-order valence-electron chi connectivity index (χ4n) is 0.677. The lowest BCUT2D eigenvalue weighted by Gasteiger charge is -2.16. The van der Waals surface area contributed by atoms with Crippen molar-refractivity contribution in [1.82, 2.24) is 0 Å². The molecule has 0 aromatic heterocycles. The molecule has 0 saturated carbocycles. The third kappa shape index (κ3) is 7.50. The number of hydrogen-bond acceptors (Lipinski definition) is 4. The van der Waals surface area contributed by atoms with Crippen LogP contribution in [0.15, 0.2) is 0 Å². The summed E-state index contributed by atoms with van der Waals surface area (Å²) in [5.41, 5.74) is -0.0584. The molecular formula is C8H16O4. The average molecular weight is 176 g/mol. The van der Waals surface area contributed by atoms with E-state index in [2.05, 4.69) is 4.89 Å². The first-order valence-electron chi connectivity index (χ1n) is 3.88. The third-order valence-electron chi connectivity index (χ3n) is 1.11. The van der Waals surface area contributed by atoms with Gasteiger partial charge in [0, 0.05) is 0 Å². The third-order valence-corrected chi connectivity index (χ3v) is 1.11. The Morgan fingerprint density at radius 2 is 1.92 bits per heavy atom. The van der Waals surface area contributed by atoms with Crippen LogP contribution in [0.3, 0.4) is 0 Å². The lowest BCUT2D eigenvalue weighted by atomic mass is 9.93. The predicted octanol–water partition coefficient (Wildman–Crippen LogP) is 1.46. The van der Waals surface area contributed by atoms with Crippen molar-refractivity contribution in [3.05, 3.63) is 0 Å². The molecule has 0 aromatic carbocycles. The van der Waals surface area contributed by atoms with Gasteiger partial charge in [-0.25, -0.2) is 4.89 Å². The topological polar surface area (TPSA) is 55.8 Å². The molecule has 0 heterocycles. The van der Waals surface area contributed by atoms with Crippen LogP contribution < -0.4 is 0 Å². The van der Waals surface area contributed by atoms with Crippen molar-refractivity contribution in [2.75, 3.05) is 13.2 Å². The number of hydrogen-bond donors (Lipinski definition) is 1. The summed E-state index contributed by atoms with van der Waals surface area (Å²) in [6.45, 7) is 5.99. The van der Waals surface area contributed by atoms with Crippen LogP contribution >= 0.6 is 0 Å². The molecule has 0 fully saturated rings. The Hall–Kier alpha value is -0.610. The molecule has 0 aliphatic heterocycles. The first-order chi connectivity index (χ1) is 5.45. The van der Waals surface area contributed by atoms with Crippen LogP contribution in [0.5, 0.6) is 0 Å². The van der Waals surface area contributed by atoms with E-state index >= 15 is 0 Å². The second kappa shape index (κ2) is 5.11. The van der Waals surface area contributed by atoms with Gasteiger partial charge in [0.2, 0.25) is 0 Å². The first-order valence-corrected chi connectivity index (χ1v) is 3.88. The van der Waals surface area contributed by atoms with Crippen LogP contribution in [0.25, 0.3) is 0 Å². The number of rotatable bonds is 4. The number of ether oxygens (including phenoxy) is 1. The Kier molecular flexibility index (Phi) is 4.85. The molecule has 0 aromatic rings. The van der Waals surface area contributed by atoms with E-state index in [4.69, 9.17) is 9.99 Å². The Balaban J connectivity index is 3.47. The Bertz CT molecular complexity index is 136. The van der Waals surface area contributed by atoms with Gasteiger partial charge in [-0.2, -0.15) is 0 Å². The Labute approximate surface area is 72.4 Å². The van der Waals surface area contributed by atoms with E-state index in [1.54, 1.807) is 0 Å². The largest absolute Gasteiger partial charge is 0.463 e. The number of esters is 1. The van der Waals surface area contributed by atoms with Gasteiger partial charge in [-0.15, -0.1) is 0 Å². The van der Waals surface area contributed by atoms with Crippen molar-refractivity contribution in [1.29, 1.82) is 0 Å². The van der Waals surface area contributed by atoms with Gasteiger partial charge in [0.25, 0.3) is 0 Å². The highest BCUT2D eigenvalue weighted by molar-refractivity contribution is 5.70. The summed E-state index contributed by atoms with van der Waals surface area (Å²) in [4.78, 5) is 14.7. The maximum absolute atomic E-state index is 11.0. The van der Waals surface area contributed by atoms with Gasteiger partial charge in [-0.05, 0) is 5.41 Å². The van der Waals surface area contributed by atoms with Gasteiger partial charge in [0.15, 0.2) is 0 Å². The van der Waals surface area contributed by atoms with Crippen molar-refractivity contribution in [2.24, 2.45) is 5.41 Å². The van der Waals surface area contributed by atoms with E-state index in [1.165, 1.54) is 0 Å². The molecule has 0 spiro atoms. The summed E-state index contributed by atoms with van der Waals surface area (Å²) < 4.78 is 4.73. The van der Waals surface area contributed by atoms with Gasteiger partial charge in [0.05, 0.1) is 6.42 Å². The molecule has 0 aliphatic rings. The van der Waals surface area contributed by atoms with E-state index in [-0.39, 0.29) is 24.6 Å². The summed E-state index contributed by atoms with van der Waals surface area (Å²) in [6, 6.07) is 0. The molecule has 0 amide bonds. The normalized spacial score (nSPS) is 11.3. The van der Waals surface area contributed by atoms with Crippen molar-refractivity contribution >= 4 is 5.97 Å². The molecule has 0 atom stereocenters. The predicted molar refractivity (Wildman–Crippen MR) is 43.6 cm³/mol. The monoisotopic (exact) mass is 176 g/mol. The second-order valence-corrected chi connectivity index (χ2v) is 3.79. The van der Waals surface area contributed by atoms with Gasteiger partial charge >= 0.3 is 5.97 Å². The van der Waals surface area contributed by atoms with E-state index in [9.17, 15) is 4.79 Å². The van der Waals surface area contributed by atoms with Crippen LogP contribution in [0.1, 0.15) is 27.2 Å². The maximum Gasteiger partial charge on any atom is 0.306 e. The lowest BCUT2D eigenvalue weighted by Crippen LogP contribution is -2.17. The summed E-state index contributed by atoms with van der Waals surface area (Å²) in [5.74, 6) is -0.264. The van der Waals surface area contributed by atoms with Crippen molar-refractivity contribution in [2.45, 2.75) is 27.2 Å². The Morgan fingerprint density at radius 3 is 2.33 bits per heavy atom. The molecule has 0 rings (SSSR count). The van der Waals surface area contributed by atoms with Crippen molar-refractivity contribution < 1.29 is 19.7 Å². The van der Waals surface area contributed by atoms with E-state index < -0.39 is 0 Å². The summed E-state index contributed by atoms with van der Waals surface area (Å²) in [7, 11) is 0. The molecule has 1 N–H and O–H groups in total. The van der Waals surface area contributed by atoms with Crippen molar-refractivity contribution in [3.63, 3.8) is 0 Å². The standard InChI is InChI=1S/C8H16O4/c1-8(2,3)6-7(9)11-4-5-12-10/h10H,4-6H2,1-3H3. The zero-order valence-corrected chi connectivity index (χ0v) is 7.79. The van der Waals surface area contributed by atoms with E-state index in [0.717, 1.165) is 0 Å². The molecule has 12 heavy (non-hydrogen) atoms. The fraction of sp³-hybridized carbons (Fsp3) is 0.875. The smallest absolute Gasteiger partial charge is 0.306 e. The first kappa shape index (κ1) is 11.4. The SMILES string of the molecule is CC(C)(C)CC(=O)OCCOO. The molecule has 0 radical (unpaired) electrons. The molecule has 4 nitrogen and oxygen atoms in total. The number of carbonyl (C=O) groups is 1. The van der Waals surface area contributed by atoms with Gasteiger partial charge < -0.3 is 4.74 Å². The molecule has 0 aliphatic carbocycles. The minimum Gasteiger partial charge on any atom is -0.463 e. The summed E-state index contributed by atoms with van der Waals surface area (Å²) in [5, 5.41) is 7.92. The minimum atomic E-state index is -0.264. The molecule has 72 valence electrons. The fourth-order valence-corrected chi connectivity index (χ4v) is 0.677.